The molecule has 2 aromatic rings. The lowest BCUT2D eigenvalue weighted by Crippen LogP contribution is -2.25. The SMILES string of the molecule is CCCC1(CCC)c2ccccc2-c2ccc(C=NO)cc21. The molecule has 0 aromatic heterocycles. The smallest absolute Gasteiger partial charge is 0.0733 e. The Labute approximate surface area is 132 Å². The van der Waals surface area contributed by atoms with Gasteiger partial charge in [-0.1, -0.05) is 68.2 Å². The fourth-order valence-corrected chi connectivity index (χ4v) is 4.14. The molecule has 0 fully saturated rings. The van der Waals surface area contributed by atoms with Crippen molar-refractivity contribution in [3.8, 4) is 11.1 Å². The molecule has 22 heavy (non-hydrogen) atoms. The first-order valence-electron chi connectivity index (χ1n) is 8.18. The Morgan fingerprint density at radius 3 is 2.32 bits per heavy atom. The quantitative estimate of drug-likeness (QED) is 0.449. The van der Waals surface area contributed by atoms with Gasteiger partial charge in [0, 0.05) is 5.41 Å². The van der Waals surface area contributed by atoms with Crippen LogP contribution in [0.4, 0.5) is 0 Å². The number of nitrogens with zero attached hydrogens (tertiary/aromatic N) is 1. The summed E-state index contributed by atoms with van der Waals surface area (Å²) in [6.45, 7) is 4.52. The summed E-state index contributed by atoms with van der Waals surface area (Å²) in [6, 6.07) is 15.2. The van der Waals surface area contributed by atoms with E-state index in [2.05, 4.69) is 55.4 Å². The third-order valence-electron chi connectivity index (χ3n) is 4.85. The maximum absolute atomic E-state index is 8.85. The number of hydrogen-bond acceptors (Lipinski definition) is 2. The molecule has 0 amide bonds. The van der Waals surface area contributed by atoms with E-state index in [1.807, 2.05) is 6.07 Å². The Bertz CT molecular complexity index is 697. The summed E-state index contributed by atoms with van der Waals surface area (Å²) in [4.78, 5) is 0. The number of fused-ring (bicyclic) bond motifs is 3. The molecule has 1 N–H and O–H groups in total. The van der Waals surface area contributed by atoms with Crippen LogP contribution in [-0.4, -0.2) is 11.4 Å². The normalized spacial score (nSPS) is 15.0. The minimum atomic E-state index is 0.106. The molecule has 2 nitrogen and oxygen atoms in total. The summed E-state index contributed by atoms with van der Waals surface area (Å²) < 4.78 is 0. The molecule has 1 aliphatic rings. The molecular formula is C20H23NO. The van der Waals surface area contributed by atoms with E-state index in [0.717, 1.165) is 31.2 Å². The minimum Gasteiger partial charge on any atom is -0.411 e. The Morgan fingerprint density at radius 1 is 0.955 bits per heavy atom. The van der Waals surface area contributed by atoms with Crippen LogP contribution in [0.5, 0.6) is 0 Å². The minimum absolute atomic E-state index is 0.106. The van der Waals surface area contributed by atoms with Crippen molar-refractivity contribution in [3.63, 3.8) is 0 Å². The van der Waals surface area contributed by atoms with E-state index in [0.29, 0.717) is 0 Å². The van der Waals surface area contributed by atoms with Gasteiger partial charge in [-0.15, -0.1) is 0 Å². The Morgan fingerprint density at radius 2 is 1.64 bits per heavy atom. The summed E-state index contributed by atoms with van der Waals surface area (Å²) in [6.07, 6.45) is 6.15. The Hall–Kier alpha value is -2.09. The van der Waals surface area contributed by atoms with Gasteiger partial charge in [0.25, 0.3) is 0 Å². The zero-order chi connectivity index (χ0) is 15.6. The molecule has 0 aliphatic heterocycles. The van der Waals surface area contributed by atoms with Crippen molar-refractivity contribution in [3.05, 3.63) is 59.2 Å². The number of oxime groups is 1. The van der Waals surface area contributed by atoms with Crippen LogP contribution in [0, 0.1) is 0 Å². The van der Waals surface area contributed by atoms with Crippen molar-refractivity contribution in [2.75, 3.05) is 0 Å². The average molecular weight is 293 g/mol. The summed E-state index contributed by atoms with van der Waals surface area (Å²) >= 11 is 0. The van der Waals surface area contributed by atoms with E-state index in [-0.39, 0.29) is 5.41 Å². The topological polar surface area (TPSA) is 32.6 Å². The van der Waals surface area contributed by atoms with Crippen molar-refractivity contribution in [1.29, 1.82) is 0 Å². The zero-order valence-electron chi connectivity index (χ0n) is 13.3. The maximum Gasteiger partial charge on any atom is 0.0733 e. The predicted octanol–water partition coefficient (Wildman–Crippen LogP) is 5.36. The van der Waals surface area contributed by atoms with Gasteiger partial charge in [-0.05, 0) is 46.7 Å². The van der Waals surface area contributed by atoms with E-state index in [9.17, 15) is 0 Å². The molecular weight excluding hydrogens is 270 g/mol. The molecule has 0 saturated heterocycles. The molecule has 2 heteroatoms. The molecule has 114 valence electrons. The van der Waals surface area contributed by atoms with Gasteiger partial charge in [-0.25, -0.2) is 0 Å². The van der Waals surface area contributed by atoms with Gasteiger partial charge < -0.3 is 5.21 Å². The van der Waals surface area contributed by atoms with Gasteiger partial charge in [0.15, 0.2) is 0 Å². The molecule has 1 aliphatic carbocycles. The molecule has 0 radical (unpaired) electrons. The second-order valence-electron chi connectivity index (χ2n) is 6.18. The van der Waals surface area contributed by atoms with Crippen molar-refractivity contribution < 1.29 is 5.21 Å². The fourth-order valence-electron chi connectivity index (χ4n) is 4.14. The van der Waals surface area contributed by atoms with Crippen LogP contribution in [0.3, 0.4) is 0 Å². The fraction of sp³-hybridized carbons (Fsp3) is 0.350. The van der Waals surface area contributed by atoms with E-state index in [1.54, 1.807) is 0 Å². The van der Waals surface area contributed by atoms with E-state index in [4.69, 9.17) is 5.21 Å². The number of hydrogen-bond donors (Lipinski definition) is 1. The lowest BCUT2D eigenvalue weighted by Gasteiger charge is -2.32. The monoisotopic (exact) mass is 293 g/mol. The third-order valence-corrected chi connectivity index (χ3v) is 4.85. The van der Waals surface area contributed by atoms with Gasteiger partial charge in [-0.2, -0.15) is 0 Å². The standard InChI is InChI=1S/C20H23NO/c1-3-11-20(12-4-2)18-8-6-5-7-16(18)17-10-9-15(14-21-22)13-19(17)20/h5-10,13-14,22H,3-4,11-12H2,1-2H3. The Kier molecular flexibility index (Phi) is 4.02. The summed E-state index contributed by atoms with van der Waals surface area (Å²) in [5.41, 5.74) is 6.64. The van der Waals surface area contributed by atoms with Gasteiger partial charge >= 0.3 is 0 Å². The van der Waals surface area contributed by atoms with E-state index < -0.39 is 0 Å². The van der Waals surface area contributed by atoms with Crippen LogP contribution in [0.2, 0.25) is 0 Å². The molecule has 0 saturated carbocycles. The first-order chi connectivity index (χ1) is 10.8. The van der Waals surface area contributed by atoms with Gasteiger partial charge in [0.2, 0.25) is 0 Å². The largest absolute Gasteiger partial charge is 0.411 e. The first kappa shape index (κ1) is 14.8. The van der Waals surface area contributed by atoms with Crippen LogP contribution in [0.25, 0.3) is 11.1 Å². The van der Waals surface area contributed by atoms with Crippen LogP contribution in [0.15, 0.2) is 47.6 Å². The lowest BCUT2D eigenvalue weighted by molar-refractivity contribution is 0.322. The summed E-state index contributed by atoms with van der Waals surface area (Å²) in [7, 11) is 0. The highest BCUT2D eigenvalue weighted by Gasteiger charge is 2.41. The number of benzene rings is 2. The highest BCUT2D eigenvalue weighted by atomic mass is 16.4. The van der Waals surface area contributed by atoms with Gasteiger partial charge in [0.1, 0.15) is 0 Å². The van der Waals surface area contributed by atoms with Crippen molar-refractivity contribution in [2.45, 2.75) is 44.9 Å². The van der Waals surface area contributed by atoms with Crippen molar-refractivity contribution >= 4 is 6.21 Å². The second kappa shape index (κ2) is 5.96. The molecule has 0 spiro atoms. The van der Waals surface area contributed by atoms with Crippen LogP contribution in [0.1, 0.15) is 56.2 Å². The highest BCUT2D eigenvalue weighted by molar-refractivity contribution is 5.86. The second-order valence-corrected chi connectivity index (χ2v) is 6.18. The summed E-state index contributed by atoms with van der Waals surface area (Å²) in [5.74, 6) is 0. The van der Waals surface area contributed by atoms with Crippen LogP contribution < -0.4 is 0 Å². The van der Waals surface area contributed by atoms with Crippen molar-refractivity contribution in [2.24, 2.45) is 5.16 Å². The molecule has 2 aromatic carbocycles. The molecule has 3 rings (SSSR count). The van der Waals surface area contributed by atoms with Crippen LogP contribution >= 0.6 is 0 Å². The molecule has 0 atom stereocenters. The molecule has 0 unspecified atom stereocenters. The summed E-state index contributed by atoms with van der Waals surface area (Å²) in [5, 5.41) is 12.0. The first-order valence-corrected chi connectivity index (χ1v) is 8.18. The van der Waals surface area contributed by atoms with E-state index in [1.165, 1.54) is 28.5 Å². The van der Waals surface area contributed by atoms with Crippen LogP contribution in [-0.2, 0) is 5.41 Å². The molecule has 0 bridgehead atoms. The zero-order valence-corrected chi connectivity index (χ0v) is 13.3. The number of rotatable bonds is 5. The lowest BCUT2D eigenvalue weighted by atomic mass is 9.71. The van der Waals surface area contributed by atoms with Crippen molar-refractivity contribution in [1.82, 2.24) is 0 Å². The highest BCUT2D eigenvalue weighted by Crippen LogP contribution is 2.53. The maximum atomic E-state index is 8.85. The molecule has 0 heterocycles. The average Bonchev–Trinajstić information content (AvgIpc) is 2.80. The van der Waals surface area contributed by atoms with Gasteiger partial charge in [0.05, 0.1) is 6.21 Å². The van der Waals surface area contributed by atoms with Gasteiger partial charge in [-0.3, -0.25) is 0 Å². The predicted molar refractivity (Wildman–Crippen MR) is 91.9 cm³/mol. The Balaban J connectivity index is 2.27. The van der Waals surface area contributed by atoms with E-state index >= 15 is 0 Å². The third kappa shape index (κ3) is 2.14.